The molecule has 0 saturated carbocycles. The summed E-state index contributed by atoms with van der Waals surface area (Å²) in [7, 11) is 0. The van der Waals surface area contributed by atoms with Gasteiger partial charge in [0, 0.05) is 38.3 Å². The van der Waals surface area contributed by atoms with Gasteiger partial charge in [-0.1, -0.05) is 19.1 Å². The van der Waals surface area contributed by atoms with E-state index in [9.17, 15) is 4.39 Å². The van der Waals surface area contributed by atoms with Crippen molar-refractivity contribution in [2.75, 3.05) is 32.7 Å². The predicted octanol–water partition coefficient (Wildman–Crippen LogP) is 2.24. The lowest BCUT2D eigenvalue weighted by Gasteiger charge is -2.43. The summed E-state index contributed by atoms with van der Waals surface area (Å²) in [5, 5.41) is 0. The number of hydrogen-bond donors (Lipinski definition) is 1. The summed E-state index contributed by atoms with van der Waals surface area (Å²) >= 11 is 0. The molecule has 3 nitrogen and oxygen atoms in total. The molecule has 1 fully saturated rings. The fraction of sp³-hybridized carbons (Fsp3) is 0.625. The molecule has 0 bridgehead atoms. The van der Waals surface area contributed by atoms with Crippen LogP contribution in [0.1, 0.15) is 31.9 Å². The van der Waals surface area contributed by atoms with Crippen molar-refractivity contribution in [1.82, 2.24) is 9.80 Å². The third-order valence-electron chi connectivity index (χ3n) is 4.23. The van der Waals surface area contributed by atoms with Gasteiger partial charge in [-0.3, -0.25) is 9.80 Å². The molecule has 1 aliphatic rings. The minimum atomic E-state index is -0.189. The van der Waals surface area contributed by atoms with Crippen molar-refractivity contribution in [2.24, 2.45) is 5.73 Å². The zero-order chi connectivity index (χ0) is 14.5. The van der Waals surface area contributed by atoms with E-state index < -0.39 is 0 Å². The zero-order valence-corrected chi connectivity index (χ0v) is 12.6. The van der Waals surface area contributed by atoms with Crippen LogP contribution in [0.3, 0.4) is 0 Å². The monoisotopic (exact) mass is 279 g/mol. The molecule has 1 heterocycles. The van der Waals surface area contributed by atoms with Crippen molar-refractivity contribution >= 4 is 0 Å². The Labute approximate surface area is 121 Å². The van der Waals surface area contributed by atoms with Gasteiger partial charge in [0.1, 0.15) is 5.82 Å². The van der Waals surface area contributed by atoms with Gasteiger partial charge in [-0.25, -0.2) is 4.39 Å². The average molecular weight is 279 g/mol. The molecular formula is C16H26FN3. The number of rotatable bonds is 5. The lowest BCUT2D eigenvalue weighted by Crippen LogP contribution is -2.53. The Balaban J connectivity index is 2.04. The van der Waals surface area contributed by atoms with E-state index in [4.69, 9.17) is 5.73 Å². The van der Waals surface area contributed by atoms with Crippen LogP contribution in [0.15, 0.2) is 24.3 Å². The van der Waals surface area contributed by atoms with Gasteiger partial charge in [0.25, 0.3) is 0 Å². The topological polar surface area (TPSA) is 32.5 Å². The van der Waals surface area contributed by atoms with Crippen LogP contribution in [-0.2, 0) is 0 Å². The summed E-state index contributed by atoms with van der Waals surface area (Å²) in [5.74, 6) is -0.189. The number of halogens is 1. The van der Waals surface area contributed by atoms with Gasteiger partial charge in [-0.15, -0.1) is 0 Å². The summed E-state index contributed by atoms with van der Waals surface area (Å²) in [6.07, 6.45) is 1.20. The average Bonchev–Trinajstić information content (AvgIpc) is 2.45. The number of benzene rings is 1. The van der Waals surface area contributed by atoms with Crippen LogP contribution in [0.4, 0.5) is 4.39 Å². The standard InChI is InChI=1S/C16H26FN3/c1-3-8-19-9-10-20(12-13(19)2)16(11-18)14-4-6-15(17)7-5-14/h4-7,13,16H,3,8-12,18H2,1-2H3. The number of hydrogen-bond acceptors (Lipinski definition) is 3. The summed E-state index contributed by atoms with van der Waals surface area (Å²) in [6, 6.07) is 7.51. The van der Waals surface area contributed by atoms with Crippen molar-refractivity contribution < 1.29 is 4.39 Å². The predicted molar refractivity (Wildman–Crippen MR) is 81.1 cm³/mol. The first kappa shape index (κ1) is 15.4. The second-order valence-electron chi connectivity index (χ2n) is 5.68. The molecule has 4 heteroatoms. The number of nitrogens with two attached hydrogens (primary N) is 1. The normalized spacial score (nSPS) is 22.9. The molecule has 2 N–H and O–H groups in total. The Bertz CT molecular complexity index is 407. The van der Waals surface area contributed by atoms with Gasteiger partial charge in [0.05, 0.1) is 0 Å². The van der Waals surface area contributed by atoms with Crippen LogP contribution in [-0.4, -0.2) is 48.6 Å². The second-order valence-corrected chi connectivity index (χ2v) is 5.68. The SMILES string of the molecule is CCCN1CCN(C(CN)c2ccc(F)cc2)CC1C. The van der Waals surface area contributed by atoms with Crippen LogP contribution >= 0.6 is 0 Å². The molecule has 1 aromatic carbocycles. The van der Waals surface area contributed by atoms with E-state index in [1.807, 2.05) is 12.1 Å². The van der Waals surface area contributed by atoms with E-state index in [0.717, 1.165) is 25.2 Å². The molecule has 1 aliphatic heterocycles. The quantitative estimate of drug-likeness (QED) is 0.897. The van der Waals surface area contributed by atoms with E-state index in [0.29, 0.717) is 12.6 Å². The minimum Gasteiger partial charge on any atom is -0.329 e. The van der Waals surface area contributed by atoms with E-state index in [-0.39, 0.29) is 11.9 Å². The highest BCUT2D eigenvalue weighted by Crippen LogP contribution is 2.23. The van der Waals surface area contributed by atoms with E-state index in [1.165, 1.54) is 25.1 Å². The van der Waals surface area contributed by atoms with Gasteiger partial charge < -0.3 is 5.73 Å². The lowest BCUT2D eigenvalue weighted by atomic mass is 10.0. The fourth-order valence-electron chi connectivity index (χ4n) is 3.11. The van der Waals surface area contributed by atoms with Gasteiger partial charge >= 0.3 is 0 Å². The number of piperazine rings is 1. The summed E-state index contributed by atoms with van der Waals surface area (Å²) in [6.45, 7) is 9.39. The number of nitrogens with zero attached hydrogens (tertiary/aromatic N) is 2. The Morgan fingerprint density at radius 2 is 2.00 bits per heavy atom. The molecule has 2 unspecified atom stereocenters. The molecule has 0 aliphatic carbocycles. The van der Waals surface area contributed by atoms with Gasteiger partial charge in [-0.2, -0.15) is 0 Å². The third kappa shape index (κ3) is 3.57. The third-order valence-corrected chi connectivity index (χ3v) is 4.23. The molecule has 20 heavy (non-hydrogen) atoms. The largest absolute Gasteiger partial charge is 0.329 e. The molecule has 0 radical (unpaired) electrons. The summed E-state index contributed by atoms with van der Waals surface area (Å²) < 4.78 is 13.0. The molecule has 0 spiro atoms. The summed E-state index contributed by atoms with van der Waals surface area (Å²) in [4.78, 5) is 4.97. The highest BCUT2D eigenvalue weighted by atomic mass is 19.1. The molecule has 1 aromatic rings. The minimum absolute atomic E-state index is 0.189. The maximum Gasteiger partial charge on any atom is 0.123 e. The molecule has 2 rings (SSSR count). The van der Waals surface area contributed by atoms with Gasteiger partial charge in [0.15, 0.2) is 0 Å². The Kier molecular flexibility index (Phi) is 5.52. The van der Waals surface area contributed by atoms with Crippen LogP contribution in [0.2, 0.25) is 0 Å². The highest BCUT2D eigenvalue weighted by Gasteiger charge is 2.28. The Morgan fingerprint density at radius 1 is 1.30 bits per heavy atom. The van der Waals surface area contributed by atoms with Gasteiger partial charge in [-0.05, 0) is 37.6 Å². The maximum atomic E-state index is 13.0. The van der Waals surface area contributed by atoms with Crippen molar-refractivity contribution in [3.63, 3.8) is 0 Å². The van der Waals surface area contributed by atoms with Crippen LogP contribution in [0, 0.1) is 5.82 Å². The Hall–Kier alpha value is -0.970. The van der Waals surface area contributed by atoms with Gasteiger partial charge in [0.2, 0.25) is 0 Å². The highest BCUT2D eigenvalue weighted by molar-refractivity contribution is 5.20. The molecule has 1 saturated heterocycles. The van der Waals surface area contributed by atoms with Crippen molar-refractivity contribution in [2.45, 2.75) is 32.4 Å². The molecule has 0 aromatic heterocycles. The van der Waals surface area contributed by atoms with Crippen molar-refractivity contribution in [3.8, 4) is 0 Å². The van der Waals surface area contributed by atoms with E-state index in [2.05, 4.69) is 23.6 Å². The molecule has 0 amide bonds. The summed E-state index contributed by atoms with van der Waals surface area (Å²) in [5.41, 5.74) is 7.08. The van der Waals surface area contributed by atoms with Crippen molar-refractivity contribution in [1.29, 1.82) is 0 Å². The Morgan fingerprint density at radius 3 is 2.55 bits per heavy atom. The first-order valence-corrected chi connectivity index (χ1v) is 7.59. The van der Waals surface area contributed by atoms with Crippen LogP contribution in [0.5, 0.6) is 0 Å². The zero-order valence-electron chi connectivity index (χ0n) is 12.6. The van der Waals surface area contributed by atoms with E-state index >= 15 is 0 Å². The first-order valence-electron chi connectivity index (χ1n) is 7.59. The molecular weight excluding hydrogens is 253 g/mol. The van der Waals surface area contributed by atoms with Crippen molar-refractivity contribution in [3.05, 3.63) is 35.6 Å². The molecule has 2 atom stereocenters. The van der Waals surface area contributed by atoms with E-state index in [1.54, 1.807) is 0 Å². The van der Waals surface area contributed by atoms with Crippen LogP contribution in [0.25, 0.3) is 0 Å². The smallest absolute Gasteiger partial charge is 0.123 e. The fourth-order valence-corrected chi connectivity index (χ4v) is 3.11. The van der Waals surface area contributed by atoms with Crippen LogP contribution < -0.4 is 5.73 Å². The molecule has 112 valence electrons. The first-order chi connectivity index (χ1) is 9.65. The second kappa shape index (κ2) is 7.16. The maximum absolute atomic E-state index is 13.0. The lowest BCUT2D eigenvalue weighted by molar-refractivity contribution is 0.0572.